The third-order valence-corrected chi connectivity index (χ3v) is 1.90. The van der Waals surface area contributed by atoms with Crippen LogP contribution in [-0.2, 0) is 4.79 Å². The Labute approximate surface area is 62.0 Å². The van der Waals surface area contributed by atoms with Crippen molar-refractivity contribution >= 4 is 5.91 Å². The smallest absolute Gasteiger partial charge is 0.0826 e. The second-order valence-corrected chi connectivity index (χ2v) is 3.87. The van der Waals surface area contributed by atoms with E-state index in [0.717, 1.165) is 6.42 Å². The minimum absolute atomic E-state index is 0. The van der Waals surface area contributed by atoms with Crippen LogP contribution in [0.4, 0.5) is 0 Å². The maximum atomic E-state index is 10.7. The number of hydrogen-bond acceptors (Lipinski definition) is 1. The second-order valence-electron chi connectivity index (χ2n) is 3.87. The zero-order valence-electron chi connectivity index (χ0n) is 7.48. The Hall–Kier alpha value is -1.66. The molecule has 1 heterocycles. The van der Waals surface area contributed by atoms with E-state index in [1.165, 1.54) is 0 Å². The largest absolute Gasteiger partial charge is 0.380 e. The average molecular weight is 407 g/mol. The molecule has 3 heteroatoms. The summed E-state index contributed by atoms with van der Waals surface area (Å²) < 4.78 is 0. The Kier molecular flexibility index (Phi) is 2.14. The summed E-state index contributed by atoms with van der Waals surface area (Å²) in [7, 11) is 0. The summed E-state index contributed by atoms with van der Waals surface area (Å²) in [4.78, 5) is 10.7. The van der Waals surface area contributed by atoms with Gasteiger partial charge in [0.15, 0.2) is 0 Å². The van der Waals surface area contributed by atoms with Crippen LogP contribution in [0.15, 0.2) is 0 Å². The molecule has 1 aliphatic heterocycles. The van der Waals surface area contributed by atoms with E-state index in [0.29, 0.717) is 6.04 Å². The average Bonchev–Trinajstić information content (AvgIpc) is 2.11. The molecule has 0 aliphatic carbocycles. The van der Waals surface area contributed by atoms with Crippen molar-refractivity contribution in [3.63, 3.8) is 0 Å². The van der Waals surface area contributed by atoms with Gasteiger partial charge in [-0.15, -0.1) is 6.42 Å². The van der Waals surface area contributed by atoms with Gasteiger partial charge in [-0.2, -0.15) is 0 Å². The van der Waals surface area contributed by atoms with E-state index in [1.807, 2.05) is 0 Å². The van der Waals surface area contributed by atoms with Crippen molar-refractivity contribution < 1.29 is 4.79 Å². The quantitative estimate of drug-likeness (QED) is 0.600. The van der Waals surface area contributed by atoms with E-state index >= 15 is 0 Å². The van der Waals surface area contributed by atoms with Crippen molar-refractivity contribution in [1.29, 1.82) is 0 Å². The van der Waals surface area contributed by atoms with E-state index in [9.17, 15) is 4.79 Å². The van der Waals surface area contributed by atoms with Crippen LogP contribution in [0.2, 0.25) is 0 Å². The van der Waals surface area contributed by atoms with Crippen LogP contribution in [0.25, 0.3) is 0 Å². The Morgan fingerprint density at radius 2 is 2.09 bits per heavy atom. The van der Waals surface area contributed by atoms with Crippen molar-refractivity contribution in [3.8, 4) is 0 Å². The molecule has 1 saturated heterocycles. The predicted molar refractivity (Wildman–Crippen MR) is 40.3 cm³/mol. The maximum absolute atomic E-state index is 10.7. The Balaban J connectivity index is 0.000001000. The summed E-state index contributed by atoms with van der Waals surface area (Å²) in [6.45, 7) is 6.41. The van der Waals surface area contributed by atoms with Gasteiger partial charge in [-0.1, -0.05) is 20.8 Å². The molecule has 1 rings (SSSR count). The van der Waals surface area contributed by atoms with Crippen LogP contribution >= 0.6 is 0 Å². The first-order valence-electron chi connectivity index (χ1n) is 3.64. The van der Waals surface area contributed by atoms with Gasteiger partial charge in [-0.25, -0.2) is 0 Å². The van der Waals surface area contributed by atoms with E-state index in [4.69, 9.17) is 0 Å². The molecular weight excluding hydrogens is 393 g/mol. The SMILES string of the molecule is CC(C)(C)C1C[CH-]C(=O)N1.[Rf]. The molecule has 1 atom stereocenters. The predicted octanol–water partition coefficient (Wildman–Crippen LogP) is 1.13. The molecule has 0 spiro atoms. The van der Waals surface area contributed by atoms with Gasteiger partial charge in [-0.3, -0.25) is 0 Å². The minimum Gasteiger partial charge on any atom is -0.380 e. The Morgan fingerprint density at radius 3 is 2.27 bits per heavy atom. The molecule has 1 amide bonds. The van der Waals surface area contributed by atoms with Crippen molar-refractivity contribution in [2.75, 3.05) is 0 Å². The van der Waals surface area contributed by atoms with E-state index in [-0.39, 0.29) is 11.3 Å². The molecule has 0 aromatic carbocycles. The number of carbonyl (C=O) groups excluding carboxylic acids is 1. The third-order valence-electron chi connectivity index (χ3n) is 1.90. The minimum atomic E-state index is 0. The Bertz CT molecular complexity index is 151. The van der Waals surface area contributed by atoms with E-state index in [1.54, 1.807) is 6.42 Å². The fraction of sp³-hybridized carbons (Fsp3) is 0.750. The van der Waals surface area contributed by atoms with Crippen LogP contribution in [0.3, 0.4) is 0 Å². The van der Waals surface area contributed by atoms with Crippen molar-refractivity contribution in [3.05, 3.63) is 6.42 Å². The number of nitrogens with one attached hydrogen (secondary N) is 1. The molecule has 1 fully saturated rings. The first-order chi connectivity index (χ1) is 4.50. The zero-order valence-corrected chi connectivity index (χ0v) is 13.9. The third kappa shape index (κ3) is 1.88. The normalized spacial score (nSPS) is 23.5. The summed E-state index contributed by atoms with van der Waals surface area (Å²) in [6.07, 6.45) is 2.60. The summed E-state index contributed by atoms with van der Waals surface area (Å²) >= 11 is 0. The van der Waals surface area contributed by atoms with Gasteiger partial charge in [0.1, 0.15) is 0 Å². The molecular formula is C8H14NORf-. The van der Waals surface area contributed by atoms with Gasteiger partial charge in [0.05, 0.1) is 5.91 Å². The molecule has 11 heavy (non-hydrogen) atoms. The van der Waals surface area contributed by atoms with Gasteiger partial charge in [0, 0.05) is 6.04 Å². The number of amides is 1. The van der Waals surface area contributed by atoms with Crippen LogP contribution in [0.5, 0.6) is 0 Å². The van der Waals surface area contributed by atoms with Gasteiger partial charge in [0.2, 0.25) is 0 Å². The fourth-order valence-corrected chi connectivity index (χ4v) is 1.08. The number of carbonyl (C=O) groups is 1. The molecule has 0 aromatic rings. The van der Waals surface area contributed by atoms with E-state index in [2.05, 4.69) is 26.1 Å². The maximum Gasteiger partial charge on any atom is 0.0826 e. The van der Waals surface area contributed by atoms with Gasteiger partial charge < -0.3 is 16.5 Å². The molecule has 1 unspecified atom stereocenters. The van der Waals surface area contributed by atoms with Crippen LogP contribution < -0.4 is 5.32 Å². The molecule has 0 radical (unpaired) electrons. The summed E-state index contributed by atoms with van der Waals surface area (Å²) in [5, 5.41) is 2.90. The standard InChI is InChI=1S/C8H14NO.Rf/c1-8(2,3)6-4-5-7(10)9-6;/h5-6H,4H2,1-3H3,(H,9,10);/q-1;. The molecule has 1 N–H and O–H groups in total. The number of rotatable bonds is 0. The molecule has 60 valence electrons. The fourth-order valence-electron chi connectivity index (χ4n) is 1.08. The van der Waals surface area contributed by atoms with Crippen LogP contribution in [-0.4, -0.2) is 11.9 Å². The van der Waals surface area contributed by atoms with Gasteiger partial charge in [-0.05, 0) is 5.41 Å². The first kappa shape index (κ1) is 9.34. The number of hydrogen-bond donors (Lipinski definition) is 1. The van der Waals surface area contributed by atoms with Crippen LogP contribution in [0.1, 0.15) is 27.2 Å². The zero-order chi connectivity index (χ0) is 7.78. The Morgan fingerprint density at radius 1 is 1.55 bits per heavy atom. The van der Waals surface area contributed by atoms with Gasteiger partial charge in [0.25, 0.3) is 0 Å². The summed E-state index contributed by atoms with van der Waals surface area (Å²) in [5.74, 6) is 0.0833. The van der Waals surface area contributed by atoms with E-state index < -0.39 is 0 Å². The topological polar surface area (TPSA) is 29.1 Å². The summed E-state index contributed by atoms with van der Waals surface area (Å²) in [6, 6.07) is 0.333. The molecule has 2 nitrogen and oxygen atoms in total. The summed E-state index contributed by atoms with van der Waals surface area (Å²) in [5.41, 5.74) is 0.197. The first-order valence-corrected chi connectivity index (χ1v) is 3.64. The molecule has 0 aromatic heterocycles. The molecule has 0 saturated carbocycles. The van der Waals surface area contributed by atoms with Crippen molar-refractivity contribution in [2.45, 2.75) is 33.2 Å². The second kappa shape index (κ2) is 2.52. The molecule has 1 aliphatic rings. The van der Waals surface area contributed by atoms with Crippen molar-refractivity contribution in [1.82, 2.24) is 5.32 Å². The van der Waals surface area contributed by atoms with Crippen molar-refractivity contribution in [2.24, 2.45) is 5.41 Å². The van der Waals surface area contributed by atoms with Gasteiger partial charge >= 0.3 is 0 Å². The monoisotopic (exact) mass is 407 g/mol. The molecule has 0 bridgehead atoms. The van der Waals surface area contributed by atoms with Crippen LogP contribution in [0, 0.1) is 11.8 Å².